The summed E-state index contributed by atoms with van der Waals surface area (Å²) in [5.41, 5.74) is 0. The molecule has 3 fully saturated rings. The van der Waals surface area contributed by atoms with Crippen molar-refractivity contribution >= 4 is 0 Å². The lowest BCUT2D eigenvalue weighted by Crippen LogP contribution is -2.35. The van der Waals surface area contributed by atoms with Crippen molar-refractivity contribution in [3.8, 4) is 0 Å². The number of rotatable bonds is 8. The van der Waals surface area contributed by atoms with Gasteiger partial charge in [0.2, 0.25) is 0 Å². The summed E-state index contributed by atoms with van der Waals surface area (Å²) in [4.78, 5) is 0. The van der Waals surface area contributed by atoms with E-state index in [0.29, 0.717) is 0 Å². The lowest BCUT2D eigenvalue weighted by atomic mass is 9.81. The molecule has 0 saturated heterocycles. The molecular formula is C18H34N2. The minimum atomic E-state index is 0.970. The van der Waals surface area contributed by atoms with E-state index in [9.17, 15) is 0 Å². The third-order valence-electron chi connectivity index (χ3n) is 6.15. The number of hydrogen-bond donors (Lipinski definition) is 2. The summed E-state index contributed by atoms with van der Waals surface area (Å²) in [6.07, 6.45) is 14.7. The third kappa shape index (κ3) is 4.46. The van der Waals surface area contributed by atoms with Crippen LogP contribution in [0.1, 0.15) is 64.2 Å². The van der Waals surface area contributed by atoms with Crippen molar-refractivity contribution < 1.29 is 0 Å². The largest absolute Gasteiger partial charge is 0.316 e. The molecule has 0 aromatic rings. The minimum absolute atomic E-state index is 0.970. The molecule has 0 bridgehead atoms. The lowest BCUT2D eigenvalue weighted by Gasteiger charge is -2.31. The predicted octanol–water partition coefficient (Wildman–Crippen LogP) is 3.57. The van der Waals surface area contributed by atoms with Gasteiger partial charge in [-0.1, -0.05) is 12.8 Å². The maximum Gasteiger partial charge on any atom is -0.00204 e. The Morgan fingerprint density at radius 3 is 1.00 bits per heavy atom. The molecule has 2 heteroatoms. The molecule has 3 aliphatic rings. The van der Waals surface area contributed by atoms with Gasteiger partial charge >= 0.3 is 0 Å². The first-order valence-corrected chi connectivity index (χ1v) is 9.31. The predicted molar refractivity (Wildman–Crippen MR) is 85.9 cm³/mol. The van der Waals surface area contributed by atoms with Crippen molar-refractivity contribution in [1.82, 2.24) is 10.6 Å². The molecule has 0 heterocycles. The van der Waals surface area contributed by atoms with Gasteiger partial charge in [-0.25, -0.2) is 0 Å². The molecule has 0 unspecified atom stereocenters. The fourth-order valence-electron chi connectivity index (χ4n) is 4.02. The van der Waals surface area contributed by atoms with Crippen LogP contribution < -0.4 is 10.6 Å². The van der Waals surface area contributed by atoms with E-state index in [0.717, 1.165) is 23.7 Å². The standard InChI is InChI=1S/C18H34N2/c1-3-15(4-1)11-19-13-17-7-9-18(10-8-17)14-20-12-16-5-2-6-16/h15-20H,1-14H2. The van der Waals surface area contributed by atoms with Gasteiger partial charge in [0, 0.05) is 0 Å². The van der Waals surface area contributed by atoms with Crippen molar-refractivity contribution in [2.45, 2.75) is 64.2 Å². The van der Waals surface area contributed by atoms with Crippen molar-refractivity contribution in [2.24, 2.45) is 23.7 Å². The molecule has 2 nitrogen and oxygen atoms in total. The molecular weight excluding hydrogens is 244 g/mol. The highest BCUT2D eigenvalue weighted by molar-refractivity contribution is 4.78. The Labute approximate surface area is 125 Å². The smallest absolute Gasteiger partial charge is 0.00204 e. The van der Waals surface area contributed by atoms with Gasteiger partial charge in [0.15, 0.2) is 0 Å². The van der Waals surface area contributed by atoms with Gasteiger partial charge in [0.05, 0.1) is 0 Å². The molecule has 2 N–H and O–H groups in total. The van der Waals surface area contributed by atoms with Crippen molar-refractivity contribution in [2.75, 3.05) is 26.2 Å². The van der Waals surface area contributed by atoms with E-state index in [-0.39, 0.29) is 0 Å². The second-order valence-electron chi connectivity index (χ2n) is 7.80. The van der Waals surface area contributed by atoms with Crippen LogP contribution in [0.15, 0.2) is 0 Å². The van der Waals surface area contributed by atoms with Crippen LogP contribution in [0.4, 0.5) is 0 Å². The molecule has 3 rings (SSSR count). The van der Waals surface area contributed by atoms with Crippen LogP contribution in [0, 0.1) is 23.7 Å². The van der Waals surface area contributed by atoms with E-state index in [1.807, 2.05) is 0 Å². The maximum atomic E-state index is 3.73. The van der Waals surface area contributed by atoms with E-state index in [1.165, 1.54) is 90.4 Å². The second kappa shape index (κ2) is 7.79. The molecule has 0 amide bonds. The highest BCUT2D eigenvalue weighted by atomic mass is 14.9. The molecule has 0 radical (unpaired) electrons. The third-order valence-corrected chi connectivity index (χ3v) is 6.15. The minimum Gasteiger partial charge on any atom is -0.316 e. The normalized spacial score (nSPS) is 31.8. The average Bonchev–Trinajstić information content (AvgIpc) is 2.37. The van der Waals surface area contributed by atoms with Gasteiger partial charge < -0.3 is 10.6 Å². The molecule has 116 valence electrons. The van der Waals surface area contributed by atoms with Crippen LogP contribution >= 0.6 is 0 Å². The molecule has 0 spiro atoms. The van der Waals surface area contributed by atoms with Crippen LogP contribution in [-0.2, 0) is 0 Å². The zero-order valence-corrected chi connectivity index (χ0v) is 13.2. The van der Waals surface area contributed by atoms with E-state index < -0.39 is 0 Å². The van der Waals surface area contributed by atoms with Crippen LogP contribution in [0.5, 0.6) is 0 Å². The van der Waals surface area contributed by atoms with E-state index in [4.69, 9.17) is 0 Å². The molecule has 0 aliphatic heterocycles. The topological polar surface area (TPSA) is 24.1 Å². The molecule has 20 heavy (non-hydrogen) atoms. The Hall–Kier alpha value is -0.0800. The number of nitrogens with one attached hydrogen (secondary N) is 2. The van der Waals surface area contributed by atoms with Crippen LogP contribution in [0.25, 0.3) is 0 Å². The van der Waals surface area contributed by atoms with Gasteiger partial charge in [-0.15, -0.1) is 0 Å². The summed E-state index contributed by atoms with van der Waals surface area (Å²) < 4.78 is 0. The Morgan fingerprint density at radius 2 is 0.750 bits per heavy atom. The summed E-state index contributed by atoms with van der Waals surface area (Å²) >= 11 is 0. The Morgan fingerprint density at radius 1 is 0.450 bits per heavy atom. The summed E-state index contributed by atoms with van der Waals surface area (Å²) in [6, 6.07) is 0. The van der Waals surface area contributed by atoms with Crippen molar-refractivity contribution in [3.63, 3.8) is 0 Å². The highest BCUT2D eigenvalue weighted by Crippen LogP contribution is 2.29. The van der Waals surface area contributed by atoms with Gasteiger partial charge in [-0.05, 0) is 101 Å². The monoisotopic (exact) mass is 278 g/mol. The van der Waals surface area contributed by atoms with Gasteiger partial charge in [-0.3, -0.25) is 0 Å². The SMILES string of the molecule is C1CC(CNCC2CCC(CNCC3CCC3)CC2)C1. The fourth-order valence-corrected chi connectivity index (χ4v) is 4.02. The molecule has 3 aliphatic carbocycles. The van der Waals surface area contributed by atoms with E-state index in [2.05, 4.69) is 10.6 Å². The lowest BCUT2D eigenvalue weighted by molar-refractivity contribution is 0.236. The first kappa shape index (κ1) is 14.8. The second-order valence-corrected chi connectivity index (χ2v) is 7.80. The molecule has 0 atom stereocenters. The van der Waals surface area contributed by atoms with E-state index >= 15 is 0 Å². The fraction of sp³-hybridized carbons (Fsp3) is 1.00. The zero-order chi connectivity index (χ0) is 13.6. The summed E-state index contributed by atoms with van der Waals surface area (Å²) in [6.45, 7) is 5.17. The quantitative estimate of drug-likeness (QED) is 0.709. The summed E-state index contributed by atoms with van der Waals surface area (Å²) in [5, 5.41) is 7.46. The molecule has 0 aromatic carbocycles. The van der Waals surface area contributed by atoms with Crippen molar-refractivity contribution in [1.29, 1.82) is 0 Å². The molecule has 3 saturated carbocycles. The Kier molecular flexibility index (Phi) is 5.78. The van der Waals surface area contributed by atoms with Crippen LogP contribution in [0.3, 0.4) is 0 Å². The summed E-state index contributed by atoms with van der Waals surface area (Å²) in [5.74, 6) is 3.97. The van der Waals surface area contributed by atoms with E-state index in [1.54, 1.807) is 0 Å². The van der Waals surface area contributed by atoms with Crippen molar-refractivity contribution in [3.05, 3.63) is 0 Å². The Bertz CT molecular complexity index is 235. The first-order valence-electron chi connectivity index (χ1n) is 9.31. The molecule has 0 aromatic heterocycles. The number of hydrogen-bond acceptors (Lipinski definition) is 2. The van der Waals surface area contributed by atoms with Gasteiger partial charge in [-0.2, -0.15) is 0 Å². The first-order chi connectivity index (χ1) is 9.90. The summed E-state index contributed by atoms with van der Waals surface area (Å²) in [7, 11) is 0. The van der Waals surface area contributed by atoms with Gasteiger partial charge in [0.1, 0.15) is 0 Å². The van der Waals surface area contributed by atoms with Gasteiger partial charge in [0.25, 0.3) is 0 Å². The zero-order valence-electron chi connectivity index (χ0n) is 13.2. The maximum absolute atomic E-state index is 3.73. The average molecular weight is 278 g/mol. The highest BCUT2D eigenvalue weighted by Gasteiger charge is 2.23. The van der Waals surface area contributed by atoms with Crippen LogP contribution in [-0.4, -0.2) is 26.2 Å². The van der Waals surface area contributed by atoms with Crippen LogP contribution in [0.2, 0.25) is 0 Å². The Balaban J connectivity index is 1.19.